The smallest absolute Gasteiger partial charge is 0.326 e. The van der Waals surface area contributed by atoms with Crippen molar-refractivity contribution in [3.05, 3.63) is 0 Å². The second kappa shape index (κ2) is 4.94. The Morgan fingerprint density at radius 1 is 1.60 bits per heavy atom. The monoisotopic (exact) mass is 215 g/mol. The van der Waals surface area contributed by atoms with Gasteiger partial charge in [0.2, 0.25) is 0 Å². The number of hydrogen-bond donors (Lipinski definition) is 1. The highest BCUT2D eigenvalue weighted by atomic mass is 16.5. The van der Waals surface area contributed by atoms with Gasteiger partial charge in [-0.2, -0.15) is 0 Å². The van der Waals surface area contributed by atoms with Crippen LogP contribution in [0.5, 0.6) is 0 Å². The Hall–Kier alpha value is -0.610. The molecule has 0 aromatic rings. The van der Waals surface area contributed by atoms with E-state index >= 15 is 0 Å². The van der Waals surface area contributed by atoms with Crippen molar-refractivity contribution in [3.63, 3.8) is 0 Å². The lowest BCUT2D eigenvalue weighted by Gasteiger charge is -2.39. The van der Waals surface area contributed by atoms with Gasteiger partial charge in [0.1, 0.15) is 5.54 Å². The average Bonchev–Trinajstić information content (AvgIpc) is 2.15. The number of methoxy groups -OCH3 is 1. The van der Waals surface area contributed by atoms with Crippen molar-refractivity contribution in [2.45, 2.75) is 51.3 Å². The van der Waals surface area contributed by atoms with E-state index in [1.54, 1.807) is 0 Å². The largest absolute Gasteiger partial charge is 0.468 e. The Kier molecular flexibility index (Phi) is 4.11. The van der Waals surface area contributed by atoms with Crippen molar-refractivity contribution < 1.29 is 14.3 Å². The van der Waals surface area contributed by atoms with E-state index in [4.69, 9.17) is 9.47 Å². The van der Waals surface area contributed by atoms with Gasteiger partial charge in [0, 0.05) is 19.1 Å². The molecule has 0 saturated carbocycles. The number of carbonyl (C=O) groups excluding carboxylic acids is 1. The third-order valence-electron chi connectivity index (χ3n) is 2.71. The SMILES string of the molecule is COC(=O)C1(NC(C)C)CCOC(C)C1. The third-order valence-corrected chi connectivity index (χ3v) is 2.71. The van der Waals surface area contributed by atoms with Crippen molar-refractivity contribution in [3.8, 4) is 0 Å². The van der Waals surface area contributed by atoms with Crippen LogP contribution in [0.15, 0.2) is 0 Å². The Balaban J connectivity index is 2.79. The molecule has 4 nitrogen and oxygen atoms in total. The van der Waals surface area contributed by atoms with Gasteiger partial charge >= 0.3 is 5.97 Å². The Morgan fingerprint density at radius 3 is 2.73 bits per heavy atom. The summed E-state index contributed by atoms with van der Waals surface area (Å²) in [7, 11) is 1.44. The highest BCUT2D eigenvalue weighted by Crippen LogP contribution is 2.26. The van der Waals surface area contributed by atoms with E-state index in [1.165, 1.54) is 7.11 Å². The first-order valence-corrected chi connectivity index (χ1v) is 5.48. The van der Waals surface area contributed by atoms with Crippen LogP contribution in [0.1, 0.15) is 33.6 Å². The van der Waals surface area contributed by atoms with Crippen molar-refractivity contribution >= 4 is 5.97 Å². The maximum Gasteiger partial charge on any atom is 0.326 e. The first-order chi connectivity index (χ1) is 7.00. The second-order valence-electron chi connectivity index (χ2n) is 4.51. The fourth-order valence-electron chi connectivity index (χ4n) is 2.21. The van der Waals surface area contributed by atoms with E-state index in [9.17, 15) is 4.79 Å². The Morgan fingerprint density at radius 2 is 2.27 bits per heavy atom. The summed E-state index contributed by atoms with van der Waals surface area (Å²) in [5.74, 6) is -0.175. The standard InChI is InChI=1S/C11H21NO3/c1-8(2)12-11(10(13)14-4)5-6-15-9(3)7-11/h8-9,12H,5-7H2,1-4H3. The van der Waals surface area contributed by atoms with Crippen LogP contribution in [0.25, 0.3) is 0 Å². The van der Waals surface area contributed by atoms with Gasteiger partial charge in [-0.1, -0.05) is 0 Å². The third kappa shape index (κ3) is 2.92. The molecule has 0 aromatic carbocycles. The van der Waals surface area contributed by atoms with Crippen LogP contribution in [0, 0.1) is 0 Å². The maximum absolute atomic E-state index is 11.8. The van der Waals surface area contributed by atoms with Crippen molar-refractivity contribution in [1.29, 1.82) is 0 Å². The van der Waals surface area contributed by atoms with E-state index in [0.29, 0.717) is 19.4 Å². The topological polar surface area (TPSA) is 47.6 Å². The van der Waals surface area contributed by atoms with Crippen LogP contribution < -0.4 is 5.32 Å². The summed E-state index contributed by atoms with van der Waals surface area (Å²) < 4.78 is 10.3. The fourth-order valence-corrected chi connectivity index (χ4v) is 2.21. The van der Waals surface area contributed by atoms with Gasteiger partial charge in [0.05, 0.1) is 13.2 Å². The highest BCUT2D eigenvalue weighted by molar-refractivity contribution is 5.81. The van der Waals surface area contributed by atoms with Gasteiger partial charge in [-0.3, -0.25) is 10.1 Å². The molecule has 4 heteroatoms. The minimum atomic E-state index is -0.555. The van der Waals surface area contributed by atoms with Gasteiger partial charge in [0.25, 0.3) is 0 Å². The van der Waals surface area contributed by atoms with Gasteiger partial charge in [-0.25, -0.2) is 0 Å². The lowest BCUT2D eigenvalue weighted by Crippen LogP contribution is -2.59. The van der Waals surface area contributed by atoms with Gasteiger partial charge < -0.3 is 9.47 Å². The van der Waals surface area contributed by atoms with E-state index < -0.39 is 5.54 Å². The zero-order valence-corrected chi connectivity index (χ0v) is 10.0. The second-order valence-corrected chi connectivity index (χ2v) is 4.51. The molecule has 1 heterocycles. The minimum absolute atomic E-state index is 0.101. The normalized spacial score (nSPS) is 31.7. The Bertz CT molecular complexity index is 226. The molecule has 0 aliphatic carbocycles. The quantitative estimate of drug-likeness (QED) is 0.716. The molecule has 2 unspecified atom stereocenters. The summed E-state index contributed by atoms with van der Waals surface area (Å²) in [5, 5.41) is 3.32. The highest BCUT2D eigenvalue weighted by Gasteiger charge is 2.43. The predicted molar refractivity (Wildman–Crippen MR) is 57.7 cm³/mol. The molecule has 0 radical (unpaired) electrons. The molecule has 1 fully saturated rings. The summed E-state index contributed by atoms with van der Waals surface area (Å²) in [4.78, 5) is 11.8. The van der Waals surface area contributed by atoms with Crippen LogP contribution in [-0.2, 0) is 14.3 Å². The van der Waals surface area contributed by atoms with Gasteiger partial charge in [-0.05, 0) is 27.2 Å². The molecule has 0 spiro atoms. The molecule has 0 bridgehead atoms. The fraction of sp³-hybridized carbons (Fsp3) is 0.909. The number of rotatable bonds is 3. The lowest BCUT2D eigenvalue weighted by molar-refractivity contribution is -0.155. The first-order valence-electron chi connectivity index (χ1n) is 5.48. The van der Waals surface area contributed by atoms with E-state index in [-0.39, 0.29) is 18.1 Å². The van der Waals surface area contributed by atoms with E-state index in [2.05, 4.69) is 5.32 Å². The van der Waals surface area contributed by atoms with Crippen LogP contribution in [0.3, 0.4) is 0 Å². The van der Waals surface area contributed by atoms with Crippen LogP contribution >= 0.6 is 0 Å². The molecule has 1 N–H and O–H groups in total. The Labute approximate surface area is 91.3 Å². The van der Waals surface area contributed by atoms with Crippen molar-refractivity contribution in [2.24, 2.45) is 0 Å². The predicted octanol–water partition coefficient (Wildman–Crippen LogP) is 1.10. The zero-order valence-electron chi connectivity index (χ0n) is 10.0. The summed E-state index contributed by atoms with van der Waals surface area (Å²) in [6.45, 7) is 6.66. The van der Waals surface area contributed by atoms with Gasteiger partial charge in [0.15, 0.2) is 0 Å². The number of hydrogen-bond acceptors (Lipinski definition) is 4. The van der Waals surface area contributed by atoms with Crippen molar-refractivity contribution in [1.82, 2.24) is 5.32 Å². The van der Waals surface area contributed by atoms with Crippen molar-refractivity contribution in [2.75, 3.05) is 13.7 Å². The molecule has 2 atom stereocenters. The number of carbonyl (C=O) groups is 1. The number of nitrogens with one attached hydrogen (secondary N) is 1. The lowest BCUT2D eigenvalue weighted by atomic mass is 9.86. The summed E-state index contributed by atoms with van der Waals surface area (Å²) in [5.41, 5.74) is -0.555. The molecule has 0 aromatic heterocycles. The van der Waals surface area contributed by atoms with E-state index in [1.807, 2.05) is 20.8 Å². The summed E-state index contributed by atoms with van der Waals surface area (Å²) >= 11 is 0. The van der Waals surface area contributed by atoms with Gasteiger partial charge in [-0.15, -0.1) is 0 Å². The van der Waals surface area contributed by atoms with Crippen LogP contribution in [0.2, 0.25) is 0 Å². The molecule has 1 aliphatic rings. The number of ether oxygens (including phenoxy) is 2. The molecular weight excluding hydrogens is 194 g/mol. The molecular formula is C11H21NO3. The van der Waals surface area contributed by atoms with Crippen LogP contribution in [0.4, 0.5) is 0 Å². The summed E-state index contributed by atoms with van der Waals surface area (Å²) in [6, 6.07) is 0.259. The first kappa shape index (κ1) is 12.5. The van der Waals surface area contributed by atoms with E-state index in [0.717, 1.165) is 0 Å². The summed E-state index contributed by atoms with van der Waals surface area (Å²) in [6.07, 6.45) is 1.46. The maximum atomic E-state index is 11.8. The average molecular weight is 215 g/mol. The number of esters is 1. The minimum Gasteiger partial charge on any atom is -0.468 e. The molecule has 15 heavy (non-hydrogen) atoms. The molecule has 1 aliphatic heterocycles. The molecule has 1 rings (SSSR count). The molecule has 1 saturated heterocycles. The molecule has 0 amide bonds. The molecule has 88 valence electrons. The zero-order chi connectivity index (χ0) is 11.5. The van der Waals surface area contributed by atoms with Crippen LogP contribution in [-0.4, -0.2) is 37.4 Å².